The Kier molecular flexibility index (Phi) is 4.65. The molecule has 23 heavy (non-hydrogen) atoms. The highest BCUT2D eigenvalue weighted by molar-refractivity contribution is 7.90. The van der Waals surface area contributed by atoms with Crippen molar-refractivity contribution in [3.8, 4) is 0 Å². The van der Waals surface area contributed by atoms with Gasteiger partial charge < -0.3 is 0 Å². The quantitative estimate of drug-likeness (QED) is 0.466. The van der Waals surface area contributed by atoms with Crippen LogP contribution in [0.5, 0.6) is 0 Å². The van der Waals surface area contributed by atoms with Gasteiger partial charge in [0.15, 0.2) is 12.3 Å². The van der Waals surface area contributed by atoms with Crippen molar-refractivity contribution in [1.82, 2.24) is 0 Å². The van der Waals surface area contributed by atoms with E-state index in [-0.39, 0.29) is 11.2 Å². The highest BCUT2D eigenvalue weighted by Crippen LogP contribution is 2.60. The van der Waals surface area contributed by atoms with Crippen molar-refractivity contribution in [2.45, 2.75) is 104 Å². The molecule has 2 nitrogen and oxygen atoms in total. The average Bonchev–Trinajstić information content (AvgIpc) is 2.76. The van der Waals surface area contributed by atoms with E-state index >= 15 is 0 Å². The first kappa shape index (κ1) is 18.1. The highest BCUT2D eigenvalue weighted by Gasteiger charge is 2.61. The third-order valence-corrected chi connectivity index (χ3v) is 8.03. The first-order valence-corrected chi connectivity index (χ1v) is 10.3. The van der Waals surface area contributed by atoms with E-state index in [4.69, 9.17) is 8.37 Å². The molecule has 0 aromatic heterocycles. The fourth-order valence-corrected chi connectivity index (χ4v) is 6.21. The predicted molar refractivity (Wildman–Crippen MR) is 98.0 cm³/mol. The summed E-state index contributed by atoms with van der Waals surface area (Å²) in [5.74, 6) is 1.65. The van der Waals surface area contributed by atoms with E-state index < -0.39 is 0 Å². The van der Waals surface area contributed by atoms with E-state index in [1.54, 1.807) is 0 Å². The van der Waals surface area contributed by atoms with Crippen molar-refractivity contribution in [2.75, 3.05) is 0 Å². The van der Waals surface area contributed by atoms with Crippen LogP contribution in [0.3, 0.4) is 0 Å². The van der Waals surface area contributed by atoms with E-state index in [1.807, 2.05) is 0 Å². The third-order valence-electron chi connectivity index (χ3n) is 7.25. The van der Waals surface area contributed by atoms with E-state index in [9.17, 15) is 0 Å². The van der Waals surface area contributed by atoms with Crippen molar-refractivity contribution >= 4 is 12.3 Å². The molecule has 0 bridgehead atoms. The normalized spacial score (nSPS) is 42.5. The lowest BCUT2D eigenvalue weighted by Gasteiger charge is -2.51. The SMILES string of the molecule is CC(C)(C)C1CCC2(CC1)OSOC21CCC(C(C)(C)C)CC1. The second-order valence-electron chi connectivity index (χ2n) is 10.5. The van der Waals surface area contributed by atoms with E-state index in [2.05, 4.69) is 41.5 Å². The predicted octanol–water partition coefficient (Wildman–Crippen LogP) is 6.55. The minimum Gasteiger partial charge on any atom is -0.282 e. The van der Waals surface area contributed by atoms with Gasteiger partial charge in [-0.2, -0.15) is 0 Å². The summed E-state index contributed by atoms with van der Waals surface area (Å²) in [6, 6.07) is 0. The number of rotatable bonds is 0. The molecule has 0 unspecified atom stereocenters. The van der Waals surface area contributed by atoms with Gasteiger partial charge in [0, 0.05) is 0 Å². The Morgan fingerprint density at radius 1 is 0.652 bits per heavy atom. The maximum atomic E-state index is 6.25. The molecule has 3 rings (SSSR count). The van der Waals surface area contributed by atoms with E-state index in [0.717, 1.165) is 11.8 Å². The largest absolute Gasteiger partial charge is 0.282 e. The standard InChI is InChI=1S/C20H36O2S/c1-17(2,3)15-7-11-19(12-8-15)20(22-23-21-19)13-9-16(10-14-20)18(4,5)6/h15-16H,7-14H2,1-6H3. The molecule has 0 aromatic rings. The van der Waals surface area contributed by atoms with Crippen LogP contribution in [0.2, 0.25) is 0 Å². The van der Waals surface area contributed by atoms with Crippen LogP contribution in [-0.4, -0.2) is 11.2 Å². The summed E-state index contributed by atoms with van der Waals surface area (Å²) < 4.78 is 12.5. The molecular weight excluding hydrogens is 304 g/mol. The van der Waals surface area contributed by atoms with Crippen LogP contribution in [0.1, 0.15) is 92.9 Å². The molecule has 1 saturated heterocycles. The van der Waals surface area contributed by atoms with Crippen LogP contribution in [0.25, 0.3) is 0 Å². The Balaban J connectivity index is 1.70. The van der Waals surface area contributed by atoms with E-state index in [1.165, 1.54) is 63.7 Å². The number of hydrogen-bond donors (Lipinski definition) is 0. The van der Waals surface area contributed by atoms with Gasteiger partial charge in [-0.3, -0.25) is 8.37 Å². The third kappa shape index (κ3) is 3.22. The summed E-state index contributed by atoms with van der Waals surface area (Å²) in [6.45, 7) is 14.3. The number of fused-ring (bicyclic) bond motifs is 1. The Morgan fingerprint density at radius 3 is 1.22 bits per heavy atom. The second-order valence-corrected chi connectivity index (χ2v) is 11.0. The molecule has 3 heteroatoms. The lowest BCUT2D eigenvalue weighted by atomic mass is 9.58. The maximum absolute atomic E-state index is 6.25. The molecule has 3 aliphatic rings. The molecule has 1 heterocycles. The summed E-state index contributed by atoms with van der Waals surface area (Å²) in [5, 5.41) is 0. The van der Waals surface area contributed by atoms with Gasteiger partial charge in [0.25, 0.3) is 0 Å². The molecular formula is C20H36O2S. The molecule has 2 spiro atoms. The molecule has 2 aliphatic carbocycles. The van der Waals surface area contributed by atoms with Crippen LogP contribution in [0, 0.1) is 22.7 Å². The Hall–Kier alpha value is 0.270. The summed E-state index contributed by atoms with van der Waals surface area (Å²) in [7, 11) is 0. The van der Waals surface area contributed by atoms with Crippen LogP contribution >= 0.6 is 12.3 Å². The minimum atomic E-state index is -0.0116. The fraction of sp³-hybridized carbons (Fsp3) is 1.00. The molecule has 1 aliphatic heterocycles. The highest BCUT2D eigenvalue weighted by atomic mass is 32.2. The van der Waals surface area contributed by atoms with Gasteiger partial charge in [-0.05, 0) is 74.0 Å². The molecule has 0 aromatic carbocycles. The Bertz CT molecular complexity index is 376. The monoisotopic (exact) mass is 340 g/mol. The van der Waals surface area contributed by atoms with Gasteiger partial charge in [-0.25, -0.2) is 0 Å². The molecule has 0 N–H and O–H groups in total. The lowest BCUT2D eigenvalue weighted by molar-refractivity contribution is -0.116. The molecule has 134 valence electrons. The summed E-state index contributed by atoms with van der Waals surface area (Å²) >= 11 is 1.30. The van der Waals surface area contributed by atoms with Crippen molar-refractivity contribution in [1.29, 1.82) is 0 Å². The van der Waals surface area contributed by atoms with Crippen LogP contribution in [0.15, 0.2) is 0 Å². The zero-order valence-electron chi connectivity index (χ0n) is 16.0. The molecule has 0 atom stereocenters. The Labute approximate surface area is 147 Å². The first-order chi connectivity index (χ1) is 10.6. The Morgan fingerprint density at radius 2 is 0.957 bits per heavy atom. The number of hydrogen-bond acceptors (Lipinski definition) is 3. The zero-order chi connectivity index (χ0) is 16.9. The van der Waals surface area contributed by atoms with Crippen molar-refractivity contribution in [2.24, 2.45) is 22.7 Å². The molecule has 0 amide bonds. The smallest absolute Gasteiger partial charge is 0.159 e. The lowest BCUT2D eigenvalue weighted by Crippen LogP contribution is -2.56. The van der Waals surface area contributed by atoms with Crippen LogP contribution < -0.4 is 0 Å². The molecule has 0 radical (unpaired) electrons. The second kappa shape index (κ2) is 5.92. The van der Waals surface area contributed by atoms with Gasteiger partial charge in [-0.1, -0.05) is 41.5 Å². The van der Waals surface area contributed by atoms with Gasteiger partial charge >= 0.3 is 0 Å². The zero-order valence-corrected chi connectivity index (χ0v) is 16.9. The first-order valence-electron chi connectivity index (χ1n) is 9.62. The van der Waals surface area contributed by atoms with Crippen LogP contribution in [-0.2, 0) is 8.37 Å². The van der Waals surface area contributed by atoms with Crippen molar-refractivity contribution in [3.05, 3.63) is 0 Å². The maximum Gasteiger partial charge on any atom is 0.159 e. The summed E-state index contributed by atoms with van der Waals surface area (Å²) in [6.07, 6.45) is 9.89. The topological polar surface area (TPSA) is 18.5 Å². The summed E-state index contributed by atoms with van der Waals surface area (Å²) in [4.78, 5) is 0. The van der Waals surface area contributed by atoms with Gasteiger partial charge in [0.2, 0.25) is 0 Å². The average molecular weight is 341 g/mol. The minimum absolute atomic E-state index is 0.0116. The molecule has 3 fully saturated rings. The summed E-state index contributed by atoms with van der Waals surface area (Å²) in [5.41, 5.74) is 0.821. The van der Waals surface area contributed by atoms with Crippen LogP contribution in [0.4, 0.5) is 0 Å². The van der Waals surface area contributed by atoms with Gasteiger partial charge in [-0.15, -0.1) is 0 Å². The van der Waals surface area contributed by atoms with E-state index in [0.29, 0.717) is 10.8 Å². The van der Waals surface area contributed by atoms with Gasteiger partial charge in [0.05, 0.1) is 0 Å². The van der Waals surface area contributed by atoms with Gasteiger partial charge in [0.1, 0.15) is 11.2 Å². The van der Waals surface area contributed by atoms with Crippen molar-refractivity contribution in [3.63, 3.8) is 0 Å². The van der Waals surface area contributed by atoms with Crippen molar-refractivity contribution < 1.29 is 8.37 Å². The fourth-order valence-electron chi connectivity index (χ4n) is 5.28. The molecule has 2 saturated carbocycles.